The van der Waals surface area contributed by atoms with Crippen LogP contribution in [-0.4, -0.2) is 30.3 Å². The van der Waals surface area contributed by atoms with Crippen molar-refractivity contribution in [3.63, 3.8) is 0 Å². The molecule has 172 valence electrons. The summed E-state index contributed by atoms with van der Waals surface area (Å²) in [5, 5.41) is 6.22. The summed E-state index contributed by atoms with van der Waals surface area (Å²) < 4.78 is 5.73. The summed E-state index contributed by atoms with van der Waals surface area (Å²) >= 11 is 0. The molecule has 0 aromatic heterocycles. The number of hydrogen-bond acceptors (Lipinski definition) is 4. The molecule has 33 heavy (non-hydrogen) atoms. The number of anilines is 1. The molecule has 1 aliphatic heterocycles. The van der Waals surface area contributed by atoms with Crippen molar-refractivity contribution in [2.45, 2.75) is 58.5 Å². The molecule has 0 saturated heterocycles. The van der Waals surface area contributed by atoms with Crippen LogP contribution in [0.1, 0.15) is 58.1 Å². The minimum atomic E-state index is -0.293. The van der Waals surface area contributed by atoms with Gasteiger partial charge in [0.2, 0.25) is 0 Å². The van der Waals surface area contributed by atoms with E-state index >= 15 is 0 Å². The summed E-state index contributed by atoms with van der Waals surface area (Å²) in [4.78, 5) is 14.8. The van der Waals surface area contributed by atoms with Crippen LogP contribution in [0.25, 0.3) is 10.8 Å². The molecule has 1 atom stereocenters. The molecule has 0 fully saturated rings. The second-order valence-electron chi connectivity index (χ2n) is 9.76. The Morgan fingerprint density at radius 1 is 1.18 bits per heavy atom. The third kappa shape index (κ3) is 4.87. The third-order valence-corrected chi connectivity index (χ3v) is 6.33. The zero-order valence-corrected chi connectivity index (χ0v) is 20.1. The summed E-state index contributed by atoms with van der Waals surface area (Å²) in [6.45, 7) is 11.3. The molecule has 5 nitrogen and oxygen atoms in total. The van der Waals surface area contributed by atoms with Crippen LogP contribution < -0.4 is 15.1 Å². The van der Waals surface area contributed by atoms with E-state index in [0.717, 1.165) is 22.8 Å². The third-order valence-electron chi connectivity index (χ3n) is 6.33. The molecule has 0 bridgehead atoms. The Hall–Kier alpha value is -3.34. The van der Waals surface area contributed by atoms with Gasteiger partial charge in [0, 0.05) is 22.7 Å². The first-order valence-electron chi connectivity index (χ1n) is 11.6. The lowest BCUT2D eigenvalue weighted by Gasteiger charge is -2.50. The van der Waals surface area contributed by atoms with E-state index in [9.17, 15) is 4.79 Å². The largest absolute Gasteiger partial charge is 0.483 e. The Kier molecular flexibility index (Phi) is 6.41. The van der Waals surface area contributed by atoms with Gasteiger partial charge in [0.15, 0.2) is 6.61 Å². The van der Waals surface area contributed by atoms with Gasteiger partial charge in [0.1, 0.15) is 5.75 Å². The molecular formula is C28H33N3O2. The van der Waals surface area contributed by atoms with Crippen molar-refractivity contribution in [2.24, 2.45) is 5.10 Å². The van der Waals surface area contributed by atoms with E-state index in [2.05, 4.69) is 68.2 Å². The molecule has 1 N–H and O–H groups in total. The molecule has 0 aliphatic carbocycles. The van der Waals surface area contributed by atoms with E-state index in [0.29, 0.717) is 17.7 Å². The smallest absolute Gasteiger partial charge is 0.277 e. The first kappa shape index (κ1) is 22.8. The topological polar surface area (TPSA) is 53.9 Å². The maximum Gasteiger partial charge on any atom is 0.277 e. The molecule has 1 amide bonds. The average Bonchev–Trinajstić information content (AvgIpc) is 2.77. The lowest BCUT2D eigenvalue weighted by atomic mass is 9.79. The highest BCUT2D eigenvalue weighted by Crippen LogP contribution is 2.44. The van der Waals surface area contributed by atoms with E-state index in [1.165, 1.54) is 11.3 Å². The van der Waals surface area contributed by atoms with Crippen molar-refractivity contribution in [2.75, 3.05) is 11.5 Å². The first-order chi connectivity index (χ1) is 15.8. The van der Waals surface area contributed by atoms with Crippen LogP contribution in [0.4, 0.5) is 5.69 Å². The van der Waals surface area contributed by atoms with Crippen LogP contribution in [0, 0.1) is 0 Å². The molecule has 0 radical (unpaired) electrons. The van der Waals surface area contributed by atoms with Crippen molar-refractivity contribution in [3.05, 3.63) is 71.8 Å². The predicted octanol–water partition coefficient (Wildman–Crippen LogP) is 5.87. The Balaban J connectivity index is 1.40. The normalized spacial score (nSPS) is 17.4. The number of hydrazone groups is 1. The highest BCUT2D eigenvalue weighted by atomic mass is 16.5. The Labute approximate surface area is 196 Å². The quantitative estimate of drug-likeness (QED) is 0.383. The Morgan fingerprint density at radius 2 is 1.94 bits per heavy atom. The van der Waals surface area contributed by atoms with E-state index in [-0.39, 0.29) is 18.1 Å². The standard InChI is InChI=1S/C28H33N3O2/c1-19(2)31-25-14-13-21(15-24(25)20(3)16-28(31,4)5)17-29-30-27(32)18-33-26-12-8-10-22-9-6-7-11-23(22)26/h6-15,17,19-20H,16,18H2,1-5H3,(H,30,32)/b29-17+/t20-/m1/s1. The molecule has 0 saturated carbocycles. The molecule has 1 aliphatic rings. The summed E-state index contributed by atoms with van der Waals surface area (Å²) in [5.41, 5.74) is 6.29. The van der Waals surface area contributed by atoms with Gasteiger partial charge in [0.05, 0.1) is 6.21 Å². The number of benzene rings is 3. The van der Waals surface area contributed by atoms with Gasteiger partial charge in [-0.1, -0.05) is 49.4 Å². The number of nitrogens with zero attached hydrogens (tertiary/aromatic N) is 2. The van der Waals surface area contributed by atoms with E-state index in [1.807, 2.05) is 42.5 Å². The maximum atomic E-state index is 12.3. The maximum absolute atomic E-state index is 12.3. The van der Waals surface area contributed by atoms with Crippen molar-refractivity contribution in [3.8, 4) is 5.75 Å². The number of amides is 1. The number of rotatable bonds is 6. The summed E-state index contributed by atoms with van der Waals surface area (Å²) in [5.74, 6) is 0.855. The Morgan fingerprint density at radius 3 is 2.73 bits per heavy atom. The fourth-order valence-corrected chi connectivity index (χ4v) is 5.20. The molecule has 3 aromatic carbocycles. The molecule has 1 heterocycles. The fourth-order valence-electron chi connectivity index (χ4n) is 5.20. The lowest BCUT2D eigenvalue weighted by Crippen LogP contribution is -2.51. The van der Waals surface area contributed by atoms with E-state index < -0.39 is 0 Å². The van der Waals surface area contributed by atoms with Crippen LogP contribution >= 0.6 is 0 Å². The van der Waals surface area contributed by atoms with E-state index in [4.69, 9.17) is 4.74 Å². The number of carbonyl (C=O) groups is 1. The highest BCUT2D eigenvalue weighted by molar-refractivity contribution is 5.89. The van der Waals surface area contributed by atoms with Crippen molar-refractivity contribution in [1.29, 1.82) is 0 Å². The predicted molar refractivity (Wildman–Crippen MR) is 136 cm³/mol. The van der Waals surface area contributed by atoms with Gasteiger partial charge in [-0.05, 0) is 74.7 Å². The second kappa shape index (κ2) is 9.26. The zero-order chi connectivity index (χ0) is 23.6. The van der Waals surface area contributed by atoms with Crippen LogP contribution in [0.5, 0.6) is 5.75 Å². The molecular weight excluding hydrogens is 410 g/mol. The molecule has 0 unspecified atom stereocenters. The number of carbonyl (C=O) groups excluding carboxylic acids is 1. The minimum absolute atomic E-state index is 0.0923. The number of ether oxygens (including phenoxy) is 1. The monoisotopic (exact) mass is 443 g/mol. The van der Waals surface area contributed by atoms with Crippen LogP contribution in [0.3, 0.4) is 0 Å². The number of nitrogens with one attached hydrogen (secondary N) is 1. The Bertz CT molecular complexity index is 1180. The van der Waals surface area contributed by atoms with Crippen molar-refractivity contribution in [1.82, 2.24) is 5.43 Å². The van der Waals surface area contributed by atoms with Gasteiger partial charge in [-0.2, -0.15) is 5.10 Å². The van der Waals surface area contributed by atoms with Crippen LogP contribution in [-0.2, 0) is 4.79 Å². The average molecular weight is 444 g/mol. The van der Waals surface area contributed by atoms with Crippen LogP contribution in [0.15, 0.2) is 65.8 Å². The van der Waals surface area contributed by atoms with Crippen LogP contribution in [0.2, 0.25) is 0 Å². The van der Waals surface area contributed by atoms with Gasteiger partial charge >= 0.3 is 0 Å². The van der Waals surface area contributed by atoms with E-state index in [1.54, 1.807) is 6.21 Å². The SMILES string of the molecule is CC(C)N1c2ccc(/C=N/NC(=O)COc3cccc4ccccc34)cc2[C@H](C)CC1(C)C. The minimum Gasteiger partial charge on any atom is -0.483 e. The molecule has 3 aromatic rings. The number of hydrogen-bond donors (Lipinski definition) is 1. The lowest BCUT2D eigenvalue weighted by molar-refractivity contribution is -0.123. The fraction of sp³-hybridized carbons (Fsp3) is 0.357. The second-order valence-corrected chi connectivity index (χ2v) is 9.76. The summed E-state index contributed by atoms with van der Waals surface area (Å²) in [6.07, 6.45) is 2.79. The van der Waals surface area contributed by atoms with Gasteiger partial charge in [-0.3, -0.25) is 4.79 Å². The van der Waals surface area contributed by atoms with Crippen molar-refractivity contribution >= 4 is 28.6 Å². The van der Waals surface area contributed by atoms with Gasteiger partial charge < -0.3 is 9.64 Å². The summed E-state index contributed by atoms with van der Waals surface area (Å²) in [6, 6.07) is 20.6. The highest BCUT2D eigenvalue weighted by Gasteiger charge is 2.37. The van der Waals surface area contributed by atoms with Gasteiger partial charge in [0.25, 0.3) is 5.91 Å². The summed E-state index contributed by atoms with van der Waals surface area (Å²) in [7, 11) is 0. The number of fused-ring (bicyclic) bond motifs is 2. The molecule has 5 heteroatoms. The zero-order valence-electron chi connectivity index (χ0n) is 20.1. The van der Waals surface area contributed by atoms with Crippen molar-refractivity contribution < 1.29 is 9.53 Å². The molecule has 4 rings (SSSR count). The van der Waals surface area contributed by atoms with Gasteiger partial charge in [-0.15, -0.1) is 0 Å². The molecule has 0 spiro atoms. The van der Waals surface area contributed by atoms with Gasteiger partial charge in [-0.25, -0.2) is 5.43 Å². The first-order valence-corrected chi connectivity index (χ1v) is 11.6.